The van der Waals surface area contributed by atoms with Crippen LogP contribution in [0.25, 0.3) is 0 Å². The van der Waals surface area contributed by atoms with E-state index < -0.39 is 0 Å². The van der Waals surface area contributed by atoms with Gasteiger partial charge in [0, 0.05) is 30.9 Å². The number of carbonyl (C=O) groups excluding carboxylic acids is 1. The molecule has 0 aliphatic rings. The van der Waals surface area contributed by atoms with Gasteiger partial charge in [-0.05, 0) is 26.8 Å². The summed E-state index contributed by atoms with van der Waals surface area (Å²) >= 11 is 0. The normalized spacial score (nSPS) is 10.5. The first-order valence-corrected chi connectivity index (χ1v) is 6.26. The molecule has 1 aromatic heterocycles. The number of hydrogen-bond acceptors (Lipinski definition) is 4. The lowest BCUT2D eigenvalue weighted by Gasteiger charge is -2.24. The number of pyridine rings is 1. The van der Waals surface area contributed by atoms with E-state index >= 15 is 0 Å². The monoisotopic (exact) mass is 250 g/mol. The van der Waals surface area contributed by atoms with Crippen molar-refractivity contribution < 1.29 is 4.79 Å². The van der Waals surface area contributed by atoms with Gasteiger partial charge in [0.2, 0.25) is 5.91 Å². The van der Waals surface area contributed by atoms with E-state index in [0.29, 0.717) is 13.1 Å². The van der Waals surface area contributed by atoms with Crippen molar-refractivity contribution in [3.63, 3.8) is 0 Å². The van der Waals surface area contributed by atoms with E-state index in [-0.39, 0.29) is 11.9 Å². The number of hydrogen-bond donors (Lipinski definition) is 2. The Kier molecular flexibility index (Phi) is 5.58. The van der Waals surface area contributed by atoms with E-state index in [4.69, 9.17) is 5.73 Å². The molecule has 3 N–H and O–H groups in total. The minimum atomic E-state index is 0.000439. The first-order valence-electron chi connectivity index (χ1n) is 6.26. The van der Waals surface area contributed by atoms with Crippen LogP contribution >= 0.6 is 0 Å². The van der Waals surface area contributed by atoms with Crippen LogP contribution in [0.3, 0.4) is 0 Å². The van der Waals surface area contributed by atoms with Crippen LogP contribution < -0.4 is 16.0 Å². The first kappa shape index (κ1) is 14.4. The second-order valence-electron chi connectivity index (χ2n) is 4.43. The number of amides is 1. The molecule has 0 radical (unpaired) electrons. The van der Waals surface area contributed by atoms with Crippen LogP contribution in [0.1, 0.15) is 26.3 Å². The van der Waals surface area contributed by atoms with Crippen LogP contribution in [-0.2, 0) is 11.3 Å². The van der Waals surface area contributed by atoms with Gasteiger partial charge in [0.15, 0.2) is 0 Å². The van der Waals surface area contributed by atoms with E-state index in [1.807, 2.05) is 37.8 Å². The Bertz CT molecular complexity index is 392. The van der Waals surface area contributed by atoms with Crippen LogP contribution in [0.2, 0.25) is 0 Å². The Balaban J connectivity index is 2.79. The molecule has 0 atom stereocenters. The van der Waals surface area contributed by atoms with Crippen molar-refractivity contribution in [2.75, 3.05) is 18.0 Å². The Morgan fingerprint density at radius 3 is 2.83 bits per heavy atom. The average molecular weight is 250 g/mol. The quantitative estimate of drug-likeness (QED) is 0.786. The molecule has 0 fully saturated rings. The minimum Gasteiger partial charge on any atom is -0.352 e. The van der Waals surface area contributed by atoms with E-state index in [0.717, 1.165) is 17.9 Å². The van der Waals surface area contributed by atoms with E-state index in [1.54, 1.807) is 6.20 Å². The fourth-order valence-electron chi connectivity index (χ4n) is 1.75. The third kappa shape index (κ3) is 4.00. The standard InChI is InChI=1S/C13H22N4O/c1-4-17(9-12(18)16-10(2)3)13-11(8-14)6-5-7-15-13/h5-7,10H,4,8-9,14H2,1-3H3,(H,16,18). The number of likely N-dealkylation sites (N-methyl/N-ethyl adjacent to an activating group) is 1. The van der Waals surface area contributed by atoms with E-state index in [9.17, 15) is 4.79 Å². The summed E-state index contributed by atoms with van der Waals surface area (Å²) in [6.07, 6.45) is 1.72. The average Bonchev–Trinajstić information content (AvgIpc) is 2.35. The lowest BCUT2D eigenvalue weighted by molar-refractivity contribution is -0.120. The van der Waals surface area contributed by atoms with Gasteiger partial charge in [-0.25, -0.2) is 4.98 Å². The highest BCUT2D eigenvalue weighted by molar-refractivity contribution is 5.81. The molecular formula is C13H22N4O. The van der Waals surface area contributed by atoms with Crippen molar-refractivity contribution in [2.24, 2.45) is 5.73 Å². The number of rotatable bonds is 6. The number of nitrogens with zero attached hydrogens (tertiary/aromatic N) is 2. The Morgan fingerprint density at radius 2 is 2.28 bits per heavy atom. The van der Waals surface area contributed by atoms with Gasteiger partial charge < -0.3 is 16.0 Å². The largest absolute Gasteiger partial charge is 0.352 e. The van der Waals surface area contributed by atoms with Crippen molar-refractivity contribution in [3.05, 3.63) is 23.9 Å². The van der Waals surface area contributed by atoms with Crippen molar-refractivity contribution in [1.82, 2.24) is 10.3 Å². The molecule has 0 unspecified atom stereocenters. The van der Waals surface area contributed by atoms with E-state index in [1.165, 1.54) is 0 Å². The predicted octanol–water partition coefficient (Wildman–Crippen LogP) is 0.891. The molecule has 1 rings (SSSR count). The molecule has 0 bridgehead atoms. The molecule has 0 spiro atoms. The summed E-state index contributed by atoms with van der Waals surface area (Å²) in [4.78, 5) is 18.0. The van der Waals surface area contributed by atoms with Crippen LogP contribution in [0, 0.1) is 0 Å². The zero-order valence-corrected chi connectivity index (χ0v) is 11.3. The van der Waals surface area contributed by atoms with Gasteiger partial charge in [-0.2, -0.15) is 0 Å². The highest BCUT2D eigenvalue weighted by Crippen LogP contribution is 2.15. The molecule has 0 aliphatic carbocycles. The second kappa shape index (κ2) is 6.96. The van der Waals surface area contributed by atoms with E-state index in [2.05, 4.69) is 10.3 Å². The van der Waals surface area contributed by atoms with Crippen LogP contribution in [-0.4, -0.2) is 30.0 Å². The summed E-state index contributed by atoms with van der Waals surface area (Å²) < 4.78 is 0. The van der Waals surface area contributed by atoms with Crippen LogP contribution in [0.5, 0.6) is 0 Å². The first-order chi connectivity index (χ1) is 8.58. The number of anilines is 1. The maximum absolute atomic E-state index is 11.8. The Morgan fingerprint density at radius 1 is 1.56 bits per heavy atom. The minimum absolute atomic E-state index is 0.000439. The topological polar surface area (TPSA) is 71.2 Å². The summed E-state index contributed by atoms with van der Waals surface area (Å²) in [7, 11) is 0. The molecular weight excluding hydrogens is 228 g/mol. The maximum Gasteiger partial charge on any atom is 0.239 e. The third-order valence-electron chi connectivity index (χ3n) is 2.55. The summed E-state index contributed by atoms with van der Waals surface area (Å²) in [5, 5.41) is 2.88. The summed E-state index contributed by atoms with van der Waals surface area (Å²) in [5.74, 6) is 0.793. The fourth-order valence-corrected chi connectivity index (χ4v) is 1.75. The van der Waals surface area contributed by atoms with Gasteiger partial charge in [0.05, 0.1) is 6.54 Å². The predicted molar refractivity (Wildman–Crippen MR) is 73.3 cm³/mol. The van der Waals surface area contributed by atoms with Crippen molar-refractivity contribution in [3.8, 4) is 0 Å². The lowest BCUT2D eigenvalue weighted by atomic mass is 10.2. The molecule has 100 valence electrons. The molecule has 0 aromatic carbocycles. The van der Waals surface area contributed by atoms with Crippen molar-refractivity contribution in [1.29, 1.82) is 0 Å². The Hall–Kier alpha value is -1.62. The SMILES string of the molecule is CCN(CC(=O)NC(C)C)c1ncccc1CN. The number of aromatic nitrogens is 1. The molecule has 1 heterocycles. The molecule has 5 nitrogen and oxygen atoms in total. The van der Waals surface area contributed by atoms with Crippen molar-refractivity contribution in [2.45, 2.75) is 33.4 Å². The Labute approximate surface area is 108 Å². The van der Waals surface area contributed by atoms with Gasteiger partial charge in [-0.3, -0.25) is 4.79 Å². The lowest BCUT2D eigenvalue weighted by Crippen LogP contribution is -2.40. The highest BCUT2D eigenvalue weighted by atomic mass is 16.2. The summed E-state index contributed by atoms with van der Waals surface area (Å²) in [6, 6.07) is 3.94. The molecule has 0 saturated heterocycles. The number of nitrogens with one attached hydrogen (secondary N) is 1. The van der Waals surface area contributed by atoms with Gasteiger partial charge in [-0.15, -0.1) is 0 Å². The van der Waals surface area contributed by atoms with Crippen molar-refractivity contribution >= 4 is 11.7 Å². The zero-order chi connectivity index (χ0) is 13.5. The van der Waals surface area contributed by atoms with Crippen LogP contribution in [0.4, 0.5) is 5.82 Å². The fraction of sp³-hybridized carbons (Fsp3) is 0.538. The maximum atomic E-state index is 11.8. The molecule has 1 amide bonds. The zero-order valence-electron chi connectivity index (χ0n) is 11.3. The second-order valence-corrected chi connectivity index (χ2v) is 4.43. The van der Waals surface area contributed by atoms with Gasteiger partial charge >= 0.3 is 0 Å². The molecule has 5 heteroatoms. The number of nitrogens with two attached hydrogens (primary N) is 1. The number of carbonyl (C=O) groups is 1. The van der Waals surface area contributed by atoms with Gasteiger partial charge in [0.1, 0.15) is 5.82 Å². The highest BCUT2D eigenvalue weighted by Gasteiger charge is 2.14. The third-order valence-corrected chi connectivity index (χ3v) is 2.55. The smallest absolute Gasteiger partial charge is 0.239 e. The van der Waals surface area contributed by atoms with Gasteiger partial charge in [-0.1, -0.05) is 6.07 Å². The van der Waals surface area contributed by atoms with Crippen LogP contribution in [0.15, 0.2) is 18.3 Å². The molecule has 0 aliphatic heterocycles. The summed E-state index contributed by atoms with van der Waals surface area (Å²) in [5.41, 5.74) is 6.64. The van der Waals surface area contributed by atoms with Gasteiger partial charge in [0.25, 0.3) is 0 Å². The molecule has 1 aromatic rings. The molecule has 0 saturated carbocycles. The summed E-state index contributed by atoms with van der Waals surface area (Å²) in [6.45, 7) is 7.33. The molecule has 18 heavy (non-hydrogen) atoms.